The first-order valence-electron chi connectivity index (χ1n) is 8.30. The summed E-state index contributed by atoms with van der Waals surface area (Å²) in [6, 6.07) is 0.366. The summed E-state index contributed by atoms with van der Waals surface area (Å²) < 4.78 is 0. The molecule has 0 saturated heterocycles. The molecule has 0 radical (unpaired) electrons. The molecular formula is C16H28N2O. The average Bonchev–Trinajstić information content (AvgIpc) is 3.14. The van der Waals surface area contributed by atoms with Crippen LogP contribution in [-0.2, 0) is 4.79 Å². The fourth-order valence-corrected chi connectivity index (χ4v) is 4.40. The molecule has 3 fully saturated rings. The largest absolute Gasteiger partial charge is 0.353 e. The summed E-state index contributed by atoms with van der Waals surface area (Å²) in [5, 5.41) is 3.29. The second-order valence-corrected chi connectivity index (χ2v) is 6.95. The Labute approximate surface area is 116 Å². The van der Waals surface area contributed by atoms with Crippen LogP contribution in [0.4, 0.5) is 0 Å². The molecule has 0 aromatic heterocycles. The first-order valence-corrected chi connectivity index (χ1v) is 8.30. The van der Waals surface area contributed by atoms with Crippen molar-refractivity contribution < 1.29 is 4.79 Å². The van der Waals surface area contributed by atoms with Gasteiger partial charge in [-0.25, -0.2) is 0 Å². The van der Waals surface area contributed by atoms with Gasteiger partial charge in [0.15, 0.2) is 0 Å². The first-order chi connectivity index (χ1) is 9.29. The molecule has 0 aromatic carbocycles. The lowest BCUT2D eigenvalue weighted by molar-refractivity contribution is -0.123. The molecule has 0 bridgehead atoms. The van der Waals surface area contributed by atoms with Crippen LogP contribution < -0.4 is 11.1 Å². The second kappa shape index (κ2) is 5.82. The quantitative estimate of drug-likeness (QED) is 0.819. The maximum absolute atomic E-state index is 12.3. The predicted molar refractivity (Wildman–Crippen MR) is 76.5 cm³/mol. The van der Waals surface area contributed by atoms with Crippen molar-refractivity contribution in [3.63, 3.8) is 0 Å². The Morgan fingerprint density at radius 1 is 1.05 bits per heavy atom. The van der Waals surface area contributed by atoms with Gasteiger partial charge in [-0.3, -0.25) is 4.79 Å². The highest BCUT2D eigenvalue weighted by molar-refractivity contribution is 5.81. The Morgan fingerprint density at radius 2 is 1.84 bits per heavy atom. The van der Waals surface area contributed by atoms with Gasteiger partial charge in [0.2, 0.25) is 5.91 Å². The molecule has 3 N–H and O–H groups in total. The zero-order valence-corrected chi connectivity index (χ0v) is 11.9. The van der Waals surface area contributed by atoms with Crippen LogP contribution in [0.25, 0.3) is 0 Å². The molecule has 108 valence electrons. The van der Waals surface area contributed by atoms with Crippen molar-refractivity contribution in [2.45, 2.75) is 63.8 Å². The fourth-order valence-electron chi connectivity index (χ4n) is 4.40. The van der Waals surface area contributed by atoms with Gasteiger partial charge in [0.05, 0.1) is 0 Å². The van der Waals surface area contributed by atoms with E-state index in [0.717, 1.165) is 25.3 Å². The summed E-state index contributed by atoms with van der Waals surface area (Å²) >= 11 is 0. The lowest BCUT2D eigenvalue weighted by atomic mass is 9.85. The Kier molecular flexibility index (Phi) is 4.11. The van der Waals surface area contributed by atoms with Gasteiger partial charge in [0, 0.05) is 12.0 Å². The monoisotopic (exact) mass is 264 g/mol. The maximum atomic E-state index is 12.3. The highest BCUT2D eigenvalue weighted by atomic mass is 16.2. The van der Waals surface area contributed by atoms with E-state index in [9.17, 15) is 4.79 Å². The predicted octanol–water partition coefficient (Wildman–Crippen LogP) is 2.45. The highest BCUT2D eigenvalue weighted by Gasteiger charge is 2.48. The molecule has 3 rings (SSSR count). The standard InChI is InChI=1S/C16H28N2O/c17-10-12-7-4-8-15(12)18-16(19)14-9-13(14)11-5-2-1-3-6-11/h11-15H,1-10,17H2,(H,18,19). The van der Waals surface area contributed by atoms with E-state index in [-0.39, 0.29) is 0 Å². The molecule has 3 saturated carbocycles. The number of hydrogen-bond acceptors (Lipinski definition) is 2. The Balaban J connectivity index is 1.47. The molecule has 0 heterocycles. The summed E-state index contributed by atoms with van der Waals surface area (Å²) in [5.74, 6) is 2.75. The lowest BCUT2D eigenvalue weighted by Crippen LogP contribution is -2.41. The number of rotatable bonds is 4. The number of nitrogens with one attached hydrogen (secondary N) is 1. The zero-order valence-electron chi connectivity index (χ0n) is 11.9. The zero-order chi connectivity index (χ0) is 13.2. The normalized spacial score (nSPS) is 39.2. The van der Waals surface area contributed by atoms with E-state index in [1.165, 1.54) is 44.9 Å². The van der Waals surface area contributed by atoms with Crippen molar-refractivity contribution in [1.82, 2.24) is 5.32 Å². The van der Waals surface area contributed by atoms with Crippen LogP contribution in [0, 0.1) is 23.7 Å². The second-order valence-electron chi connectivity index (χ2n) is 6.95. The minimum Gasteiger partial charge on any atom is -0.353 e. The molecule has 4 unspecified atom stereocenters. The van der Waals surface area contributed by atoms with E-state index in [0.29, 0.717) is 29.7 Å². The Morgan fingerprint density at radius 3 is 2.58 bits per heavy atom. The molecule has 4 atom stereocenters. The minimum absolute atomic E-state index is 0.334. The summed E-state index contributed by atoms with van der Waals surface area (Å²) in [6.07, 6.45) is 11.6. The van der Waals surface area contributed by atoms with E-state index in [1.54, 1.807) is 0 Å². The number of carbonyl (C=O) groups excluding carboxylic acids is 1. The van der Waals surface area contributed by atoms with Crippen LogP contribution in [0.15, 0.2) is 0 Å². The molecule has 1 amide bonds. The molecule has 3 nitrogen and oxygen atoms in total. The average molecular weight is 264 g/mol. The number of hydrogen-bond donors (Lipinski definition) is 2. The van der Waals surface area contributed by atoms with Crippen LogP contribution in [0.3, 0.4) is 0 Å². The minimum atomic E-state index is 0.334. The summed E-state index contributed by atoms with van der Waals surface area (Å²) in [5.41, 5.74) is 5.78. The number of amides is 1. The van der Waals surface area contributed by atoms with Crippen molar-refractivity contribution >= 4 is 5.91 Å². The third kappa shape index (κ3) is 2.96. The fraction of sp³-hybridized carbons (Fsp3) is 0.938. The molecule has 3 aliphatic carbocycles. The molecule has 0 aliphatic heterocycles. The third-order valence-corrected chi connectivity index (χ3v) is 5.72. The highest BCUT2D eigenvalue weighted by Crippen LogP contribution is 2.49. The summed E-state index contributed by atoms with van der Waals surface area (Å²) in [6.45, 7) is 0.724. The van der Waals surface area contributed by atoms with Gasteiger partial charge in [-0.15, -0.1) is 0 Å². The SMILES string of the molecule is NCC1CCCC1NC(=O)C1CC1C1CCCCC1. The number of nitrogens with two attached hydrogens (primary N) is 1. The molecule has 3 aliphatic rings. The van der Waals surface area contributed by atoms with Gasteiger partial charge < -0.3 is 11.1 Å². The van der Waals surface area contributed by atoms with E-state index < -0.39 is 0 Å². The Bertz CT molecular complexity index is 325. The number of carbonyl (C=O) groups is 1. The van der Waals surface area contributed by atoms with Crippen LogP contribution in [0.2, 0.25) is 0 Å². The topological polar surface area (TPSA) is 55.1 Å². The van der Waals surface area contributed by atoms with Crippen molar-refractivity contribution in [1.29, 1.82) is 0 Å². The van der Waals surface area contributed by atoms with Crippen molar-refractivity contribution in [3.8, 4) is 0 Å². The first kappa shape index (κ1) is 13.4. The maximum Gasteiger partial charge on any atom is 0.223 e. The molecule has 3 heteroatoms. The van der Waals surface area contributed by atoms with E-state index in [1.807, 2.05) is 0 Å². The Hall–Kier alpha value is -0.570. The summed E-state index contributed by atoms with van der Waals surface area (Å²) in [4.78, 5) is 12.3. The van der Waals surface area contributed by atoms with Crippen LogP contribution in [0.1, 0.15) is 57.8 Å². The van der Waals surface area contributed by atoms with Gasteiger partial charge in [-0.2, -0.15) is 0 Å². The van der Waals surface area contributed by atoms with Crippen LogP contribution in [-0.4, -0.2) is 18.5 Å². The van der Waals surface area contributed by atoms with Crippen molar-refractivity contribution in [3.05, 3.63) is 0 Å². The molecule has 0 spiro atoms. The van der Waals surface area contributed by atoms with E-state index in [2.05, 4.69) is 5.32 Å². The van der Waals surface area contributed by atoms with E-state index in [4.69, 9.17) is 5.73 Å². The molecule has 19 heavy (non-hydrogen) atoms. The van der Waals surface area contributed by atoms with Crippen LogP contribution >= 0.6 is 0 Å². The third-order valence-electron chi connectivity index (χ3n) is 5.72. The van der Waals surface area contributed by atoms with Crippen molar-refractivity contribution in [2.75, 3.05) is 6.54 Å². The van der Waals surface area contributed by atoms with E-state index >= 15 is 0 Å². The molecule has 0 aromatic rings. The van der Waals surface area contributed by atoms with Crippen LogP contribution in [0.5, 0.6) is 0 Å². The summed E-state index contributed by atoms with van der Waals surface area (Å²) in [7, 11) is 0. The lowest BCUT2D eigenvalue weighted by Gasteiger charge is -2.22. The van der Waals surface area contributed by atoms with Gasteiger partial charge in [0.25, 0.3) is 0 Å². The van der Waals surface area contributed by atoms with Gasteiger partial charge in [-0.1, -0.05) is 38.5 Å². The van der Waals surface area contributed by atoms with Crippen molar-refractivity contribution in [2.24, 2.45) is 29.4 Å². The van der Waals surface area contributed by atoms with Gasteiger partial charge in [-0.05, 0) is 43.6 Å². The van der Waals surface area contributed by atoms with Gasteiger partial charge >= 0.3 is 0 Å². The van der Waals surface area contributed by atoms with Gasteiger partial charge in [0.1, 0.15) is 0 Å². The molecular weight excluding hydrogens is 236 g/mol. The smallest absolute Gasteiger partial charge is 0.223 e.